The highest BCUT2D eigenvalue weighted by Crippen LogP contribution is 2.27. The number of rotatable bonds is 4. The molecule has 0 unspecified atom stereocenters. The summed E-state index contributed by atoms with van der Waals surface area (Å²) in [5, 5.41) is 0. The lowest BCUT2D eigenvalue weighted by atomic mass is 10.1. The molecule has 0 aromatic heterocycles. The monoisotopic (exact) mass is 375 g/mol. The predicted octanol–water partition coefficient (Wildman–Crippen LogP) is 2.10. The van der Waals surface area contributed by atoms with E-state index in [1.165, 1.54) is 6.07 Å². The van der Waals surface area contributed by atoms with Gasteiger partial charge < -0.3 is 10.6 Å². The van der Waals surface area contributed by atoms with E-state index in [2.05, 4.69) is 32.5 Å². The first-order valence-electron chi connectivity index (χ1n) is 7.13. The zero-order valence-corrected chi connectivity index (χ0v) is 14.8. The van der Waals surface area contributed by atoms with Gasteiger partial charge in [0.1, 0.15) is 0 Å². The first-order chi connectivity index (χ1) is 9.83. The summed E-state index contributed by atoms with van der Waals surface area (Å²) in [4.78, 5) is 2.59. The number of likely N-dealkylation sites (tertiary alicyclic amines) is 1. The van der Waals surface area contributed by atoms with Crippen molar-refractivity contribution >= 4 is 31.6 Å². The molecule has 1 saturated heterocycles. The molecule has 1 aliphatic rings. The van der Waals surface area contributed by atoms with Gasteiger partial charge >= 0.3 is 0 Å². The van der Waals surface area contributed by atoms with Gasteiger partial charge in [-0.25, -0.2) is 13.1 Å². The molecule has 118 valence electrons. The fourth-order valence-electron chi connectivity index (χ4n) is 2.61. The largest absolute Gasteiger partial charge is 0.398 e. The van der Waals surface area contributed by atoms with Gasteiger partial charge in [-0.2, -0.15) is 0 Å². The number of aryl methyl sites for hydroxylation is 1. The molecule has 1 fully saturated rings. The number of nitrogens with two attached hydrogens (primary N) is 1. The summed E-state index contributed by atoms with van der Waals surface area (Å²) >= 11 is 3.31. The van der Waals surface area contributed by atoms with Crippen LogP contribution in [-0.4, -0.2) is 39.0 Å². The molecule has 0 aliphatic carbocycles. The van der Waals surface area contributed by atoms with Crippen molar-refractivity contribution < 1.29 is 8.42 Å². The van der Waals surface area contributed by atoms with Crippen LogP contribution in [0.5, 0.6) is 0 Å². The Kier molecular flexibility index (Phi) is 5.29. The van der Waals surface area contributed by atoms with Gasteiger partial charge in [0.15, 0.2) is 0 Å². The van der Waals surface area contributed by atoms with Crippen LogP contribution < -0.4 is 10.5 Å². The van der Waals surface area contributed by atoms with Crippen molar-refractivity contribution in [3.63, 3.8) is 0 Å². The fourth-order valence-corrected chi connectivity index (χ4v) is 4.63. The van der Waals surface area contributed by atoms with Crippen LogP contribution in [0.1, 0.15) is 25.3 Å². The summed E-state index contributed by atoms with van der Waals surface area (Å²) < 4.78 is 28.6. The molecule has 1 aliphatic heterocycles. The van der Waals surface area contributed by atoms with Crippen molar-refractivity contribution in [3.8, 4) is 0 Å². The van der Waals surface area contributed by atoms with Crippen molar-refractivity contribution in [2.75, 3.05) is 25.4 Å². The number of hydrogen-bond donors (Lipinski definition) is 2. The molecule has 1 aromatic carbocycles. The Morgan fingerprint density at radius 2 is 2.00 bits per heavy atom. The van der Waals surface area contributed by atoms with E-state index < -0.39 is 10.0 Å². The van der Waals surface area contributed by atoms with Crippen LogP contribution in [-0.2, 0) is 10.0 Å². The Morgan fingerprint density at radius 1 is 1.38 bits per heavy atom. The molecule has 5 nitrogen and oxygen atoms in total. The number of hydrogen-bond acceptors (Lipinski definition) is 4. The van der Waals surface area contributed by atoms with E-state index in [0.29, 0.717) is 11.3 Å². The quantitative estimate of drug-likeness (QED) is 0.790. The van der Waals surface area contributed by atoms with Crippen LogP contribution in [0.4, 0.5) is 5.69 Å². The summed E-state index contributed by atoms with van der Waals surface area (Å²) in [5.41, 5.74) is 6.93. The molecule has 1 aromatic rings. The van der Waals surface area contributed by atoms with Gasteiger partial charge in [0.05, 0.1) is 4.90 Å². The molecular weight excluding hydrogens is 354 g/mol. The van der Waals surface area contributed by atoms with E-state index in [1.807, 2.05) is 0 Å². The standard InChI is InChI=1S/C14H22BrN3O2S/c1-3-18-6-4-11(5-7-18)17-21(19,20)14-9-13(16)12(15)8-10(14)2/h8-9,11,17H,3-7,16H2,1-2H3. The van der Waals surface area contributed by atoms with Gasteiger partial charge in [-0.15, -0.1) is 0 Å². The number of sulfonamides is 1. The van der Waals surface area contributed by atoms with Gasteiger partial charge in [-0.1, -0.05) is 6.92 Å². The van der Waals surface area contributed by atoms with Gasteiger partial charge in [0.2, 0.25) is 10.0 Å². The molecule has 0 spiro atoms. The molecule has 1 heterocycles. The normalized spacial score (nSPS) is 18.0. The Morgan fingerprint density at radius 3 is 2.57 bits per heavy atom. The third-order valence-electron chi connectivity index (χ3n) is 3.94. The highest BCUT2D eigenvalue weighted by atomic mass is 79.9. The molecule has 0 bridgehead atoms. The number of anilines is 1. The van der Waals surface area contributed by atoms with E-state index in [-0.39, 0.29) is 10.9 Å². The molecule has 0 atom stereocenters. The van der Waals surface area contributed by atoms with E-state index in [9.17, 15) is 8.42 Å². The Labute approximate surface area is 135 Å². The summed E-state index contributed by atoms with van der Waals surface area (Å²) in [7, 11) is -3.52. The minimum atomic E-state index is -3.52. The van der Waals surface area contributed by atoms with Crippen molar-refractivity contribution in [2.45, 2.75) is 37.6 Å². The summed E-state index contributed by atoms with van der Waals surface area (Å²) in [6.45, 7) is 6.79. The minimum absolute atomic E-state index is 0.00192. The van der Waals surface area contributed by atoms with Crippen LogP contribution in [0.25, 0.3) is 0 Å². The van der Waals surface area contributed by atoms with Gasteiger partial charge in [-0.05, 0) is 73.0 Å². The predicted molar refractivity (Wildman–Crippen MR) is 88.7 cm³/mol. The minimum Gasteiger partial charge on any atom is -0.398 e. The smallest absolute Gasteiger partial charge is 0.241 e. The topological polar surface area (TPSA) is 75.4 Å². The van der Waals surface area contributed by atoms with Crippen molar-refractivity contribution in [3.05, 3.63) is 22.2 Å². The summed E-state index contributed by atoms with van der Waals surface area (Å²) in [5.74, 6) is 0. The average Bonchev–Trinajstić information content (AvgIpc) is 2.43. The van der Waals surface area contributed by atoms with Crippen LogP contribution in [0.2, 0.25) is 0 Å². The zero-order valence-electron chi connectivity index (χ0n) is 12.4. The highest BCUT2D eigenvalue weighted by Gasteiger charge is 2.25. The van der Waals surface area contributed by atoms with Crippen LogP contribution in [0.3, 0.4) is 0 Å². The highest BCUT2D eigenvalue weighted by molar-refractivity contribution is 9.10. The Hall–Kier alpha value is -0.630. The maximum absolute atomic E-state index is 12.5. The number of nitrogen functional groups attached to an aromatic ring is 1. The van der Waals surface area contributed by atoms with Crippen molar-refractivity contribution in [1.29, 1.82) is 0 Å². The number of piperidine rings is 1. The van der Waals surface area contributed by atoms with E-state index in [0.717, 1.165) is 36.9 Å². The lowest BCUT2D eigenvalue weighted by molar-refractivity contribution is 0.217. The second kappa shape index (κ2) is 6.64. The van der Waals surface area contributed by atoms with Crippen LogP contribution >= 0.6 is 15.9 Å². The van der Waals surface area contributed by atoms with Crippen LogP contribution in [0.15, 0.2) is 21.5 Å². The first-order valence-corrected chi connectivity index (χ1v) is 9.41. The molecule has 0 radical (unpaired) electrons. The third-order valence-corrected chi connectivity index (χ3v) is 6.29. The zero-order chi connectivity index (χ0) is 15.6. The Balaban J connectivity index is 2.14. The fraction of sp³-hybridized carbons (Fsp3) is 0.571. The Bertz CT molecular complexity index is 611. The summed E-state index contributed by atoms with van der Waals surface area (Å²) in [6.07, 6.45) is 1.69. The lowest BCUT2D eigenvalue weighted by Crippen LogP contribution is -2.44. The van der Waals surface area contributed by atoms with Gasteiger partial charge in [0, 0.05) is 16.2 Å². The third kappa shape index (κ3) is 3.97. The maximum atomic E-state index is 12.5. The van der Waals surface area contributed by atoms with Gasteiger partial charge in [0.25, 0.3) is 0 Å². The molecule has 3 N–H and O–H groups in total. The number of nitrogens with zero attached hydrogens (tertiary/aromatic N) is 1. The first kappa shape index (κ1) is 16.7. The molecule has 0 saturated carbocycles. The SMILES string of the molecule is CCN1CCC(NS(=O)(=O)c2cc(N)c(Br)cc2C)CC1. The van der Waals surface area contributed by atoms with Crippen molar-refractivity contribution in [1.82, 2.24) is 9.62 Å². The van der Waals surface area contributed by atoms with Gasteiger partial charge in [-0.3, -0.25) is 0 Å². The molecule has 21 heavy (non-hydrogen) atoms. The summed E-state index contributed by atoms with van der Waals surface area (Å²) in [6, 6.07) is 3.26. The second-order valence-electron chi connectivity index (χ2n) is 5.47. The maximum Gasteiger partial charge on any atom is 0.241 e. The van der Waals surface area contributed by atoms with E-state index in [1.54, 1.807) is 13.0 Å². The number of benzene rings is 1. The molecule has 0 amide bonds. The van der Waals surface area contributed by atoms with Crippen LogP contribution in [0, 0.1) is 6.92 Å². The molecular formula is C14H22BrN3O2S. The molecule has 7 heteroatoms. The van der Waals surface area contributed by atoms with Crippen molar-refractivity contribution in [2.24, 2.45) is 0 Å². The van der Waals surface area contributed by atoms with E-state index in [4.69, 9.17) is 5.73 Å². The lowest BCUT2D eigenvalue weighted by Gasteiger charge is -2.31. The number of halogens is 1. The number of nitrogens with one attached hydrogen (secondary N) is 1. The van der Waals surface area contributed by atoms with E-state index >= 15 is 0 Å². The molecule has 2 rings (SSSR count). The average molecular weight is 376 g/mol. The second-order valence-corrected chi connectivity index (χ2v) is 8.01.